The van der Waals surface area contributed by atoms with Crippen LogP contribution in [0.2, 0.25) is 0 Å². The molecule has 0 aliphatic carbocycles. The van der Waals surface area contributed by atoms with Crippen LogP contribution in [0.4, 0.5) is 0 Å². The van der Waals surface area contributed by atoms with Gasteiger partial charge in [0, 0.05) is 6.42 Å². The predicted molar refractivity (Wildman–Crippen MR) is 273 cm³/mol. The second-order valence-electron chi connectivity index (χ2n) is 17.3. The Balaban J connectivity index is 4.80. The van der Waals surface area contributed by atoms with E-state index in [2.05, 4.69) is 105 Å². The molecule has 0 aromatic heterocycles. The van der Waals surface area contributed by atoms with Gasteiger partial charge in [-0.2, -0.15) is 0 Å². The summed E-state index contributed by atoms with van der Waals surface area (Å²) in [6.45, 7) is 6.38. The molecule has 0 bridgehead atoms. The van der Waals surface area contributed by atoms with Crippen LogP contribution < -0.4 is 5.32 Å². The van der Waals surface area contributed by atoms with Crippen LogP contribution in [0.15, 0.2) is 97.2 Å². The van der Waals surface area contributed by atoms with Gasteiger partial charge in [0.2, 0.25) is 5.91 Å². The maximum absolute atomic E-state index is 13.2. The van der Waals surface area contributed by atoms with Crippen molar-refractivity contribution in [2.75, 3.05) is 6.61 Å². The highest BCUT2D eigenvalue weighted by Gasteiger charge is 2.24. The zero-order valence-corrected chi connectivity index (χ0v) is 40.9. The molecule has 1 amide bonds. The van der Waals surface area contributed by atoms with Crippen LogP contribution in [0.5, 0.6) is 0 Å². The Hall–Kier alpha value is -3.22. The Labute approximate surface area is 388 Å². The van der Waals surface area contributed by atoms with Crippen molar-refractivity contribution in [3.8, 4) is 0 Å². The lowest BCUT2D eigenvalue weighted by Gasteiger charge is -2.24. The van der Waals surface area contributed by atoms with E-state index in [0.29, 0.717) is 25.7 Å². The summed E-state index contributed by atoms with van der Waals surface area (Å²) in [5.41, 5.74) is 0. The number of nitrogens with one attached hydrogen (secondary N) is 1. The molecule has 6 heteroatoms. The first-order valence-electron chi connectivity index (χ1n) is 26.0. The van der Waals surface area contributed by atoms with Crippen LogP contribution >= 0.6 is 0 Å². The van der Waals surface area contributed by atoms with Gasteiger partial charge in [0.15, 0.2) is 0 Å². The minimum Gasteiger partial charge on any atom is -0.462 e. The molecule has 3 N–H and O–H groups in total. The number of unbranched alkanes of at least 4 members (excludes halogenated alkanes) is 20. The highest BCUT2D eigenvalue weighted by atomic mass is 16.5. The van der Waals surface area contributed by atoms with Gasteiger partial charge < -0.3 is 20.3 Å². The second kappa shape index (κ2) is 49.8. The van der Waals surface area contributed by atoms with Gasteiger partial charge in [0.1, 0.15) is 6.10 Å². The Kier molecular flexibility index (Phi) is 47.2. The monoisotopic (exact) mass is 876 g/mol. The van der Waals surface area contributed by atoms with Crippen molar-refractivity contribution in [1.82, 2.24) is 5.32 Å². The second-order valence-corrected chi connectivity index (χ2v) is 17.3. The fourth-order valence-electron chi connectivity index (χ4n) is 7.26. The van der Waals surface area contributed by atoms with Crippen molar-refractivity contribution < 1.29 is 24.5 Å². The van der Waals surface area contributed by atoms with Crippen LogP contribution in [0.1, 0.15) is 226 Å². The first-order chi connectivity index (χ1) is 31.0. The first kappa shape index (κ1) is 59.8. The third-order valence-corrected chi connectivity index (χ3v) is 11.2. The molecule has 0 radical (unpaired) electrons. The summed E-state index contributed by atoms with van der Waals surface area (Å²) in [6.07, 6.45) is 66.0. The number of amides is 1. The Morgan fingerprint density at radius 3 is 1.40 bits per heavy atom. The highest BCUT2D eigenvalue weighted by Crippen LogP contribution is 2.16. The summed E-state index contributed by atoms with van der Waals surface area (Å²) in [4.78, 5) is 26.1. The number of ether oxygens (including phenoxy) is 1. The fourth-order valence-corrected chi connectivity index (χ4v) is 7.26. The van der Waals surface area contributed by atoms with Crippen molar-refractivity contribution in [2.24, 2.45) is 0 Å². The summed E-state index contributed by atoms with van der Waals surface area (Å²) < 4.78 is 5.89. The van der Waals surface area contributed by atoms with Crippen molar-refractivity contribution in [1.29, 1.82) is 0 Å². The zero-order valence-electron chi connectivity index (χ0n) is 40.9. The molecule has 0 spiro atoms. The molecule has 3 atom stereocenters. The normalized spacial score (nSPS) is 14.0. The molecule has 360 valence electrons. The molecule has 0 aliphatic heterocycles. The number of aliphatic hydroxyl groups is 2. The molecule has 63 heavy (non-hydrogen) atoms. The van der Waals surface area contributed by atoms with Gasteiger partial charge in [-0.25, -0.2) is 0 Å². The van der Waals surface area contributed by atoms with E-state index >= 15 is 0 Å². The minimum absolute atomic E-state index is 0.0245. The number of hydrogen-bond donors (Lipinski definition) is 3. The molecular formula is C57H97NO5. The molecular weight excluding hydrogens is 779 g/mol. The van der Waals surface area contributed by atoms with Crippen molar-refractivity contribution in [3.05, 3.63) is 97.2 Å². The topological polar surface area (TPSA) is 95.9 Å². The van der Waals surface area contributed by atoms with E-state index in [-0.39, 0.29) is 24.9 Å². The van der Waals surface area contributed by atoms with Gasteiger partial charge in [-0.3, -0.25) is 9.59 Å². The lowest BCUT2D eigenvalue weighted by Crippen LogP contribution is -2.46. The molecule has 0 saturated carbocycles. The van der Waals surface area contributed by atoms with Crippen LogP contribution in [0.3, 0.4) is 0 Å². The zero-order chi connectivity index (χ0) is 45.9. The molecule has 0 aromatic rings. The van der Waals surface area contributed by atoms with Gasteiger partial charge in [0.25, 0.3) is 0 Å². The molecule has 3 unspecified atom stereocenters. The smallest absolute Gasteiger partial charge is 0.306 e. The number of carbonyl (C=O) groups is 2. The van der Waals surface area contributed by atoms with Crippen LogP contribution in [0.25, 0.3) is 0 Å². The molecule has 0 saturated heterocycles. The summed E-state index contributed by atoms with van der Waals surface area (Å²) >= 11 is 0. The average molecular weight is 876 g/mol. The Bertz CT molecular complexity index is 1260. The van der Waals surface area contributed by atoms with E-state index in [0.717, 1.165) is 77.0 Å². The summed E-state index contributed by atoms with van der Waals surface area (Å²) in [7, 11) is 0. The SMILES string of the molecule is CCCCC/C=C\C/C=C\C/C=C\C/C=C\CCCC(=O)OC(CCCCC/C=C/C=C/C=C/C=C/CCCCC)CC(=O)NC(CO)C(O)CCCCCCCCCCCCC. The van der Waals surface area contributed by atoms with E-state index in [1.54, 1.807) is 0 Å². The summed E-state index contributed by atoms with van der Waals surface area (Å²) in [5, 5.41) is 23.7. The quantitative estimate of drug-likeness (QED) is 0.0245. The number of hydrogen-bond acceptors (Lipinski definition) is 5. The maximum atomic E-state index is 13.2. The number of carbonyl (C=O) groups excluding carboxylic acids is 2. The van der Waals surface area contributed by atoms with E-state index in [1.165, 1.54) is 96.3 Å². The number of aliphatic hydroxyl groups excluding tert-OH is 2. The van der Waals surface area contributed by atoms with Crippen LogP contribution in [0, 0.1) is 0 Å². The van der Waals surface area contributed by atoms with Gasteiger partial charge in [0.05, 0.1) is 25.2 Å². The maximum Gasteiger partial charge on any atom is 0.306 e. The van der Waals surface area contributed by atoms with E-state index in [1.807, 2.05) is 18.2 Å². The van der Waals surface area contributed by atoms with Crippen molar-refractivity contribution in [3.63, 3.8) is 0 Å². The molecule has 0 aromatic carbocycles. The van der Waals surface area contributed by atoms with E-state index < -0.39 is 18.2 Å². The van der Waals surface area contributed by atoms with Gasteiger partial charge in [-0.1, -0.05) is 221 Å². The Morgan fingerprint density at radius 2 is 0.873 bits per heavy atom. The van der Waals surface area contributed by atoms with Crippen LogP contribution in [-0.2, 0) is 14.3 Å². The molecule has 0 aliphatic rings. The molecule has 0 rings (SSSR count). The summed E-state index contributed by atoms with van der Waals surface area (Å²) in [5.74, 6) is -0.587. The predicted octanol–water partition coefficient (Wildman–Crippen LogP) is 15.7. The number of esters is 1. The van der Waals surface area contributed by atoms with Crippen molar-refractivity contribution in [2.45, 2.75) is 244 Å². The van der Waals surface area contributed by atoms with E-state index in [9.17, 15) is 19.8 Å². The lowest BCUT2D eigenvalue weighted by atomic mass is 10.0. The third kappa shape index (κ3) is 45.2. The highest BCUT2D eigenvalue weighted by molar-refractivity contribution is 5.77. The van der Waals surface area contributed by atoms with Crippen LogP contribution in [-0.4, -0.2) is 46.9 Å². The van der Waals surface area contributed by atoms with E-state index in [4.69, 9.17) is 4.74 Å². The largest absolute Gasteiger partial charge is 0.462 e. The average Bonchev–Trinajstić information content (AvgIpc) is 3.28. The third-order valence-electron chi connectivity index (χ3n) is 11.2. The standard InChI is InChI=1S/C57H97NO5/c1-4-7-10-13-16-19-22-24-26-28-30-32-35-38-41-44-47-50-57(62)63-53(48-45-42-39-36-34-31-29-27-25-23-20-17-14-11-8-5-2)51-56(61)58-54(52-59)55(60)49-46-43-40-37-33-21-18-15-12-9-6-3/h16-17,19-20,23-27,29-32,34,38,41,53-55,59-60H,4-15,18,21-22,28,33,35-37,39-40,42-52H2,1-3H3,(H,58,61)/b19-16-,20-17+,25-23+,26-24-,29-27+,32-30-,34-31+,41-38-. The molecule has 0 heterocycles. The Morgan fingerprint density at radius 1 is 0.476 bits per heavy atom. The van der Waals surface area contributed by atoms with Gasteiger partial charge in [-0.05, 0) is 89.9 Å². The lowest BCUT2D eigenvalue weighted by molar-refractivity contribution is -0.151. The number of allylic oxidation sites excluding steroid dienone is 16. The molecule has 0 fully saturated rings. The summed E-state index contributed by atoms with van der Waals surface area (Å²) in [6, 6.07) is -0.731. The molecule has 6 nitrogen and oxygen atoms in total. The fraction of sp³-hybridized carbons (Fsp3) is 0.684. The van der Waals surface area contributed by atoms with Gasteiger partial charge in [-0.15, -0.1) is 0 Å². The van der Waals surface area contributed by atoms with Crippen molar-refractivity contribution >= 4 is 11.9 Å². The minimum atomic E-state index is -0.813. The first-order valence-corrected chi connectivity index (χ1v) is 26.0. The van der Waals surface area contributed by atoms with Gasteiger partial charge >= 0.3 is 5.97 Å². The number of rotatable bonds is 45.